The van der Waals surface area contributed by atoms with Gasteiger partial charge in [0.05, 0.1) is 10.9 Å². The van der Waals surface area contributed by atoms with Crippen LogP contribution in [0.15, 0.2) is 17.0 Å². The lowest BCUT2D eigenvalue weighted by atomic mass is 10.0. The highest BCUT2D eigenvalue weighted by molar-refractivity contribution is 7.89. The minimum atomic E-state index is -3.82. The Hall–Kier alpha value is -1.44. The Labute approximate surface area is 119 Å². The third-order valence-electron chi connectivity index (χ3n) is 3.25. The average molecular weight is 299 g/mol. The van der Waals surface area contributed by atoms with Crippen molar-refractivity contribution in [2.24, 2.45) is 16.8 Å². The van der Waals surface area contributed by atoms with E-state index in [0.717, 1.165) is 11.1 Å². The normalized spacial score (nSPS) is 13.3. The zero-order valence-corrected chi connectivity index (χ0v) is 12.9. The summed E-state index contributed by atoms with van der Waals surface area (Å²) in [6.07, 6.45) is 0. The molecule has 0 aliphatic rings. The standard InChI is InChI=1S/C13H21N3O3S/c1-7(2)12(14)13(17)16-11-6-10(20(15,18)19)5-8(3)9(11)4/h5-7,12H,14H2,1-4H3,(H,16,17)(H2,15,18,19)/t12-/m0/s1. The molecule has 0 spiro atoms. The van der Waals surface area contributed by atoms with Gasteiger partial charge in [0, 0.05) is 5.69 Å². The Kier molecular flexibility index (Phi) is 4.90. The van der Waals surface area contributed by atoms with E-state index in [1.165, 1.54) is 12.1 Å². The third kappa shape index (κ3) is 3.78. The quantitative estimate of drug-likeness (QED) is 0.765. The Morgan fingerprint density at radius 3 is 2.25 bits per heavy atom. The second-order valence-electron chi connectivity index (χ2n) is 5.22. The lowest BCUT2D eigenvalue weighted by Crippen LogP contribution is -2.40. The van der Waals surface area contributed by atoms with Crippen molar-refractivity contribution in [3.63, 3.8) is 0 Å². The Morgan fingerprint density at radius 1 is 1.25 bits per heavy atom. The molecule has 1 rings (SSSR count). The van der Waals surface area contributed by atoms with Gasteiger partial charge >= 0.3 is 0 Å². The van der Waals surface area contributed by atoms with E-state index in [2.05, 4.69) is 5.32 Å². The van der Waals surface area contributed by atoms with Crippen LogP contribution in [-0.4, -0.2) is 20.4 Å². The minimum Gasteiger partial charge on any atom is -0.324 e. The first-order valence-corrected chi connectivity index (χ1v) is 7.79. The Bertz CT molecular complexity index is 624. The predicted molar refractivity (Wildman–Crippen MR) is 78.7 cm³/mol. The smallest absolute Gasteiger partial charge is 0.241 e. The van der Waals surface area contributed by atoms with Crippen molar-refractivity contribution in [3.8, 4) is 0 Å². The van der Waals surface area contributed by atoms with Gasteiger partial charge in [0.25, 0.3) is 0 Å². The van der Waals surface area contributed by atoms with Gasteiger partial charge < -0.3 is 11.1 Å². The van der Waals surface area contributed by atoms with Crippen molar-refractivity contribution in [2.45, 2.75) is 38.6 Å². The van der Waals surface area contributed by atoms with Gasteiger partial charge in [-0.15, -0.1) is 0 Å². The fourth-order valence-electron chi connectivity index (χ4n) is 1.64. The molecule has 0 aromatic heterocycles. The Balaban J connectivity index is 3.19. The van der Waals surface area contributed by atoms with E-state index in [1.807, 2.05) is 13.8 Å². The summed E-state index contributed by atoms with van der Waals surface area (Å²) in [5.41, 5.74) is 7.68. The van der Waals surface area contributed by atoms with Crippen molar-refractivity contribution in [3.05, 3.63) is 23.3 Å². The summed E-state index contributed by atoms with van der Waals surface area (Å²) in [6, 6.07) is 2.17. The number of sulfonamides is 1. The summed E-state index contributed by atoms with van der Waals surface area (Å²) < 4.78 is 22.8. The summed E-state index contributed by atoms with van der Waals surface area (Å²) >= 11 is 0. The number of hydrogen-bond acceptors (Lipinski definition) is 4. The number of rotatable bonds is 4. The van der Waals surface area contributed by atoms with Gasteiger partial charge in [-0.05, 0) is 43.0 Å². The van der Waals surface area contributed by atoms with Crippen molar-refractivity contribution >= 4 is 21.6 Å². The molecule has 1 aromatic rings. The monoisotopic (exact) mass is 299 g/mol. The van der Waals surface area contributed by atoms with E-state index in [1.54, 1.807) is 13.8 Å². The van der Waals surface area contributed by atoms with E-state index in [9.17, 15) is 13.2 Å². The molecule has 0 aliphatic heterocycles. The van der Waals surface area contributed by atoms with Gasteiger partial charge in [0.1, 0.15) is 0 Å². The predicted octanol–water partition coefficient (Wildman–Crippen LogP) is 0.873. The number of aryl methyl sites for hydroxylation is 1. The van der Waals surface area contributed by atoms with Crippen molar-refractivity contribution in [2.75, 3.05) is 5.32 Å². The number of nitrogens with one attached hydrogen (secondary N) is 1. The van der Waals surface area contributed by atoms with Gasteiger partial charge in [0.15, 0.2) is 0 Å². The van der Waals surface area contributed by atoms with Crippen LogP contribution >= 0.6 is 0 Å². The van der Waals surface area contributed by atoms with E-state index in [4.69, 9.17) is 10.9 Å². The van der Waals surface area contributed by atoms with Gasteiger partial charge in [0.2, 0.25) is 15.9 Å². The van der Waals surface area contributed by atoms with E-state index >= 15 is 0 Å². The summed E-state index contributed by atoms with van der Waals surface area (Å²) in [6.45, 7) is 7.22. The number of carbonyl (C=O) groups is 1. The second kappa shape index (κ2) is 5.90. The van der Waals surface area contributed by atoms with Crippen LogP contribution in [0, 0.1) is 19.8 Å². The fraction of sp³-hybridized carbons (Fsp3) is 0.462. The van der Waals surface area contributed by atoms with E-state index < -0.39 is 16.1 Å². The first kappa shape index (κ1) is 16.6. The molecule has 0 bridgehead atoms. The molecule has 0 unspecified atom stereocenters. The van der Waals surface area contributed by atoms with Crippen LogP contribution in [0.5, 0.6) is 0 Å². The molecule has 1 atom stereocenters. The number of amides is 1. The van der Waals surface area contributed by atoms with Crippen molar-refractivity contribution in [1.29, 1.82) is 0 Å². The molecule has 6 nitrogen and oxygen atoms in total. The molecule has 5 N–H and O–H groups in total. The van der Waals surface area contributed by atoms with Gasteiger partial charge in [-0.2, -0.15) is 0 Å². The number of carbonyl (C=O) groups excluding carboxylic acids is 1. The maximum Gasteiger partial charge on any atom is 0.241 e. The highest BCUT2D eigenvalue weighted by Crippen LogP contribution is 2.23. The number of primary sulfonamides is 1. The third-order valence-corrected chi connectivity index (χ3v) is 4.14. The maximum atomic E-state index is 12.0. The van der Waals surface area contributed by atoms with Crippen LogP contribution in [0.2, 0.25) is 0 Å². The highest BCUT2D eigenvalue weighted by Gasteiger charge is 2.19. The van der Waals surface area contributed by atoms with Crippen LogP contribution < -0.4 is 16.2 Å². The molecular formula is C13H21N3O3S. The molecule has 0 fully saturated rings. The highest BCUT2D eigenvalue weighted by atomic mass is 32.2. The van der Waals surface area contributed by atoms with Crippen molar-refractivity contribution in [1.82, 2.24) is 0 Å². The maximum absolute atomic E-state index is 12.0. The Morgan fingerprint density at radius 2 is 1.80 bits per heavy atom. The molecule has 0 heterocycles. The first-order chi connectivity index (χ1) is 9.04. The minimum absolute atomic E-state index is 0.0159. The number of hydrogen-bond donors (Lipinski definition) is 3. The van der Waals surface area contributed by atoms with Gasteiger partial charge in [-0.1, -0.05) is 13.8 Å². The number of anilines is 1. The fourth-order valence-corrected chi connectivity index (χ4v) is 2.26. The van der Waals surface area contributed by atoms with E-state index in [-0.39, 0.29) is 16.7 Å². The lowest BCUT2D eigenvalue weighted by molar-refractivity contribution is -0.118. The molecule has 7 heteroatoms. The molecule has 0 saturated carbocycles. The lowest BCUT2D eigenvalue weighted by Gasteiger charge is -2.18. The molecule has 0 radical (unpaired) electrons. The summed E-state index contributed by atoms with van der Waals surface area (Å²) in [5.74, 6) is -0.369. The zero-order chi connectivity index (χ0) is 15.7. The number of nitrogens with two attached hydrogens (primary N) is 2. The van der Waals surface area contributed by atoms with Crippen LogP contribution in [0.3, 0.4) is 0 Å². The molecular weight excluding hydrogens is 278 g/mol. The molecule has 1 aromatic carbocycles. The second-order valence-corrected chi connectivity index (χ2v) is 6.78. The van der Waals surface area contributed by atoms with Crippen LogP contribution in [0.1, 0.15) is 25.0 Å². The van der Waals surface area contributed by atoms with Crippen LogP contribution in [-0.2, 0) is 14.8 Å². The topological polar surface area (TPSA) is 115 Å². The zero-order valence-electron chi connectivity index (χ0n) is 12.1. The van der Waals surface area contributed by atoms with Crippen LogP contribution in [0.25, 0.3) is 0 Å². The SMILES string of the molecule is Cc1cc(S(N)(=O)=O)cc(NC(=O)[C@@H](N)C(C)C)c1C. The molecule has 0 aliphatic carbocycles. The average Bonchev–Trinajstić information content (AvgIpc) is 2.32. The summed E-state index contributed by atoms with van der Waals surface area (Å²) in [5, 5.41) is 7.78. The molecule has 20 heavy (non-hydrogen) atoms. The first-order valence-electron chi connectivity index (χ1n) is 6.24. The van der Waals surface area contributed by atoms with Gasteiger partial charge in [-0.25, -0.2) is 13.6 Å². The number of benzene rings is 1. The van der Waals surface area contributed by atoms with Crippen LogP contribution in [0.4, 0.5) is 5.69 Å². The van der Waals surface area contributed by atoms with Gasteiger partial charge in [-0.3, -0.25) is 4.79 Å². The molecule has 112 valence electrons. The van der Waals surface area contributed by atoms with Crippen molar-refractivity contribution < 1.29 is 13.2 Å². The summed E-state index contributed by atoms with van der Waals surface area (Å²) in [7, 11) is -3.82. The summed E-state index contributed by atoms with van der Waals surface area (Å²) in [4.78, 5) is 11.9. The molecule has 1 amide bonds. The van der Waals surface area contributed by atoms with E-state index in [0.29, 0.717) is 5.69 Å². The molecule has 0 saturated heterocycles. The largest absolute Gasteiger partial charge is 0.324 e.